The van der Waals surface area contributed by atoms with Gasteiger partial charge in [0.2, 0.25) is 0 Å². The summed E-state index contributed by atoms with van der Waals surface area (Å²) in [7, 11) is 0. The van der Waals surface area contributed by atoms with E-state index >= 15 is 0 Å². The maximum Gasteiger partial charge on any atom is 0.253 e. The van der Waals surface area contributed by atoms with Gasteiger partial charge in [-0.15, -0.1) is 0 Å². The van der Waals surface area contributed by atoms with Crippen LogP contribution in [0.1, 0.15) is 27.2 Å². The fourth-order valence-electron chi connectivity index (χ4n) is 3.01. The molecule has 0 aliphatic carbocycles. The Morgan fingerprint density at radius 3 is 2.79 bits per heavy atom. The monoisotopic (exact) mass is 410 g/mol. The van der Waals surface area contributed by atoms with Crippen LogP contribution in [0.5, 0.6) is 0 Å². The first-order chi connectivity index (χ1) is 13.6. The summed E-state index contributed by atoms with van der Waals surface area (Å²) >= 11 is 12.3. The first-order valence-electron chi connectivity index (χ1n) is 8.68. The number of carbonyl (C=O) groups is 1. The van der Waals surface area contributed by atoms with E-state index < -0.39 is 0 Å². The summed E-state index contributed by atoms with van der Waals surface area (Å²) in [6.45, 7) is 0.286. The second kappa shape index (κ2) is 8.00. The van der Waals surface area contributed by atoms with Gasteiger partial charge in [-0.25, -0.2) is 0 Å². The van der Waals surface area contributed by atoms with Crippen LogP contribution in [0.3, 0.4) is 0 Å². The number of rotatable bonds is 5. The zero-order valence-electron chi connectivity index (χ0n) is 14.7. The highest BCUT2D eigenvalue weighted by atomic mass is 35.5. The van der Waals surface area contributed by atoms with Gasteiger partial charge in [-0.3, -0.25) is 14.9 Å². The van der Waals surface area contributed by atoms with E-state index in [9.17, 15) is 4.79 Å². The number of hydrogen-bond acceptors (Lipinski definition) is 3. The number of nitrogens with zero attached hydrogens (tertiary/aromatic N) is 2. The smallest absolute Gasteiger partial charge is 0.253 e. The van der Waals surface area contributed by atoms with Crippen LogP contribution in [-0.4, -0.2) is 21.1 Å². The molecule has 0 aliphatic heterocycles. The number of H-pyrrole nitrogens is 1. The van der Waals surface area contributed by atoms with Crippen molar-refractivity contribution in [2.75, 3.05) is 0 Å². The van der Waals surface area contributed by atoms with Crippen molar-refractivity contribution in [1.29, 1.82) is 0 Å². The van der Waals surface area contributed by atoms with Gasteiger partial charge < -0.3 is 5.32 Å². The third kappa shape index (κ3) is 4.01. The summed E-state index contributed by atoms with van der Waals surface area (Å²) in [5.74, 6) is -0.216. The molecule has 0 aliphatic rings. The fraction of sp³-hybridized carbons (Fsp3) is 0.0952. The Labute approximate surface area is 171 Å². The van der Waals surface area contributed by atoms with Crippen molar-refractivity contribution in [3.05, 3.63) is 93.4 Å². The van der Waals surface area contributed by atoms with Gasteiger partial charge in [0.05, 0.1) is 23.3 Å². The lowest BCUT2D eigenvalue weighted by atomic mass is 10.1. The number of benzene rings is 2. The molecular formula is C21H16Cl2N4O. The minimum atomic E-state index is -0.216. The first kappa shape index (κ1) is 18.5. The lowest BCUT2D eigenvalue weighted by molar-refractivity contribution is 0.0950. The molecule has 2 N–H and O–H groups in total. The average Bonchev–Trinajstić information content (AvgIpc) is 3.10. The van der Waals surface area contributed by atoms with E-state index in [4.69, 9.17) is 23.2 Å². The summed E-state index contributed by atoms with van der Waals surface area (Å²) < 4.78 is 0. The minimum absolute atomic E-state index is 0.216. The zero-order chi connectivity index (χ0) is 19.5. The van der Waals surface area contributed by atoms with E-state index in [0.29, 0.717) is 22.0 Å². The van der Waals surface area contributed by atoms with Gasteiger partial charge in [-0.1, -0.05) is 41.4 Å². The van der Waals surface area contributed by atoms with Gasteiger partial charge in [0.25, 0.3) is 5.91 Å². The Morgan fingerprint density at radius 2 is 1.93 bits per heavy atom. The molecule has 0 radical (unpaired) electrons. The predicted molar refractivity (Wildman–Crippen MR) is 111 cm³/mol. The molecule has 0 unspecified atom stereocenters. The summed E-state index contributed by atoms with van der Waals surface area (Å²) in [6.07, 6.45) is 3.89. The van der Waals surface area contributed by atoms with Gasteiger partial charge in [0.15, 0.2) is 0 Å². The quantitative estimate of drug-likeness (QED) is 0.496. The normalized spacial score (nSPS) is 10.9. The summed E-state index contributed by atoms with van der Waals surface area (Å²) in [4.78, 5) is 16.8. The zero-order valence-corrected chi connectivity index (χ0v) is 16.3. The topological polar surface area (TPSA) is 70.7 Å². The lowest BCUT2D eigenvalue weighted by Crippen LogP contribution is -2.23. The molecule has 4 rings (SSSR count). The average molecular weight is 411 g/mol. The molecule has 5 nitrogen and oxygen atoms in total. The van der Waals surface area contributed by atoms with Crippen molar-refractivity contribution in [2.45, 2.75) is 13.0 Å². The molecule has 2 heterocycles. The number of carbonyl (C=O) groups excluding carboxylic acids is 1. The molecule has 140 valence electrons. The number of aromatic amines is 1. The number of pyridine rings is 1. The summed E-state index contributed by atoms with van der Waals surface area (Å²) in [5.41, 5.74) is 3.99. The van der Waals surface area contributed by atoms with Crippen LogP contribution in [-0.2, 0) is 13.0 Å². The molecule has 4 aromatic rings. The maximum atomic E-state index is 12.6. The maximum absolute atomic E-state index is 12.6. The van der Waals surface area contributed by atoms with Gasteiger partial charge >= 0.3 is 0 Å². The SMILES string of the molecule is O=C(NCc1n[nH]c2ccc(Cl)cc12)c1cncc(Cc2ccccc2Cl)c1. The van der Waals surface area contributed by atoms with Gasteiger partial charge in [-0.05, 0) is 41.5 Å². The molecule has 7 heteroatoms. The number of aromatic nitrogens is 3. The van der Waals surface area contributed by atoms with Crippen molar-refractivity contribution in [3.63, 3.8) is 0 Å². The molecule has 0 bridgehead atoms. The number of hydrogen-bond donors (Lipinski definition) is 2. The number of nitrogens with one attached hydrogen (secondary N) is 2. The van der Waals surface area contributed by atoms with Crippen molar-refractivity contribution >= 4 is 40.0 Å². The summed E-state index contributed by atoms with van der Waals surface area (Å²) in [6, 6.07) is 14.9. The van der Waals surface area contributed by atoms with E-state index in [1.165, 1.54) is 0 Å². The number of fused-ring (bicyclic) bond motifs is 1. The molecule has 0 fully saturated rings. The van der Waals surface area contributed by atoms with Crippen molar-refractivity contribution in [1.82, 2.24) is 20.5 Å². The first-order valence-corrected chi connectivity index (χ1v) is 9.44. The summed E-state index contributed by atoms with van der Waals surface area (Å²) in [5, 5.41) is 12.3. The van der Waals surface area contributed by atoms with Crippen LogP contribution in [0.4, 0.5) is 0 Å². The van der Waals surface area contributed by atoms with E-state index in [1.807, 2.05) is 42.5 Å². The largest absolute Gasteiger partial charge is 0.346 e. The Morgan fingerprint density at radius 1 is 1.07 bits per heavy atom. The minimum Gasteiger partial charge on any atom is -0.346 e. The molecule has 2 aromatic carbocycles. The van der Waals surface area contributed by atoms with Gasteiger partial charge in [-0.2, -0.15) is 5.10 Å². The van der Waals surface area contributed by atoms with E-state index in [1.54, 1.807) is 18.5 Å². The van der Waals surface area contributed by atoms with Crippen LogP contribution in [0.15, 0.2) is 60.9 Å². The van der Waals surface area contributed by atoms with Crippen LogP contribution >= 0.6 is 23.2 Å². The molecule has 28 heavy (non-hydrogen) atoms. The number of halogens is 2. The molecular weight excluding hydrogens is 395 g/mol. The van der Waals surface area contributed by atoms with Crippen LogP contribution in [0.25, 0.3) is 10.9 Å². The molecule has 0 saturated heterocycles. The second-order valence-electron chi connectivity index (χ2n) is 6.39. The van der Waals surface area contributed by atoms with Crippen LogP contribution < -0.4 is 5.32 Å². The Bertz CT molecular complexity index is 1160. The van der Waals surface area contributed by atoms with Crippen molar-refractivity contribution in [2.24, 2.45) is 0 Å². The van der Waals surface area contributed by atoms with Crippen molar-refractivity contribution in [3.8, 4) is 0 Å². The Kier molecular flexibility index (Phi) is 5.28. The van der Waals surface area contributed by atoms with Crippen LogP contribution in [0, 0.1) is 0 Å². The molecule has 0 atom stereocenters. The third-order valence-electron chi connectivity index (χ3n) is 4.43. The number of amides is 1. The Hall–Kier alpha value is -2.89. The predicted octanol–water partition coefficient (Wildman–Crippen LogP) is 4.79. The van der Waals surface area contributed by atoms with E-state index in [2.05, 4.69) is 20.5 Å². The van der Waals surface area contributed by atoms with E-state index in [0.717, 1.165) is 27.7 Å². The highest BCUT2D eigenvalue weighted by Gasteiger charge is 2.11. The molecule has 2 aromatic heterocycles. The van der Waals surface area contributed by atoms with Gasteiger partial charge in [0.1, 0.15) is 0 Å². The standard InChI is InChI=1S/C21H16Cl2N4O/c22-16-5-6-19-17(9-16)20(27-26-19)12-25-21(28)15-8-13(10-24-11-15)7-14-3-1-2-4-18(14)23/h1-6,8-11H,7,12H2,(H,25,28)(H,26,27). The van der Waals surface area contributed by atoms with Gasteiger partial charge in [0, 0.05) is 34.2 Å². The van der Waals surface area contributed by atoms with E-state index in [-0.39, 0.29) is 12.5 Å². The third-order valence-corrected chi connectivity index (χ3v) is 5.03. The Balaban J connectivity index is 1.47. The molecule has 0 saturated carbocycles. The fourth-order valence-corrected chi connectivity index (χ4v) is 3.39. The lowest BCUT2D eigenvalue weighted by Gasteiger charge is -2.07. The molecule has 1 amide bonds. The highest BCUT2D eigenvalue weighted by molar-refractivity contribution is 6.31. The van der Waals surface area contributed by atoms with Crippen LogP contribution in [0.2, 0.25) is 10.0 Å². The highest BCUT2D eigenvalue weighted by Crippen LogP contribution is 2.21. The second-order valence-corrected chi connectivity index (χ2v) is 7.24. The van der Waals surface area contributed by atoms with Crippen molar-refractivity contribution < 1.29 is 4.79 Å². The molecule has 0 spiro atoms.